The van der Waals surface area contributed by atoms with Gasteiger partial charge in [-0.3, -0.25) is 13.7 Å². The molecule has 6 rings (SSSR count). The molecule has 0 atom stereocenters. The molecule has 0 spiro atoms. The Morgan fingerprint density at radius 3 is 1.36 bits per heavy atom. The second-order valence-corrected chi connectivity index (χ2v) is 17.3. The van der Waals surface area contributed by atoms with Gasteiger partial charge in [0.1, 0.15) is 26.1 Å². The summed E-state index contributed by atoms with van der Waals surface area (Å²) in [4.78, 5) is -2.71. The predicted molar refractivity (Wildman–Crippen MR) is 210 cm³/mol. The average Bonchev–Trinajstić information content (AvgIpc) is 3.13. The molecule has 0 aliphatic carbocycles. The van der Waals surface area contributed by atoms with Gasteiger partial charge in [0.25, 0.3) is 30.4 Å². The summed E-state index contributed by atoms with van der Waals surface area (Å²) in [6.45, 7) is 3.50. The summed E-state index contributed by atoms with van der Waals surface area (Å²) in [5, 5.41) is 49.5. The molecule has 0 saturated carbocycles. The van der Waals surface area contributed by atoms with E-state index in [0.717, 1.165) is 23.3 Å². The molecule has 58 heavy (non-hydrogen) atoms. The van der Waals surface area contributed by atoms with Crippen LogP contribution in [0, 0.1) is 13.8 Å². The minimum atomic E-state index is -5.09. The van der Waals surface area contributed by atoms with E-state index < -0.39 is 67.6 Å². The highest BCUT2D eigenvalue weighted by molar-refractivity contribution is 7.94. The van der Waals surface area contributed by atoms with Crippen LogP contribution in [0.15, 0.2) is 113 Å². The zero-order valence-electron chi connectivity index (χ0n) is 29.5. The number of benzene rings is 6. The number of aromatic hydroxyl groups is 2. The van der Waals surface area contributed by atoms with Gasteiger partial charge in [-0.1, -0.05) is 29.3 Å². The van der Waals surface area contributed by atoms with Gasteiger partial charge in [-0.2, -0.15) is 35.5 Å². The number of azo groups is 2. The van der Waals surface area contributed by atoms with Gasteiger partial charge in [0, 0.05) is 10.8 Å². The number of phenolic OH excluding ortho intramolecular Hbond substituents is 2. The molecule has 0 radical (unpaired) electrons. The Kier molecular flexibility index (Phi) is 11.2. The maximum atomic E-state index is 12.1. The monoisotopic (exact) mass is 872 g/mol. The molecule has 0 unspecified atom stereocenters. The van der Waals surface area contributed by atoms with Crippen molar-refractivity contribution in [1.29, 1.82) is 0 Å². The van der Waals surface area contributed by atoms with Crippen molar-refractivity contribution in [3.05, 3.63) is 83.9 Å². The van der Waals surface area contributed by atoms with Crippen LogP contribution < -0.4 is 11.5 Å². The Balaban J connectivity index is 1.28. The number of rotatable bonds is 11. The summed E-state index contributed by atoms with van der Waals surface area (Å²) in [5.74, 6) is -1.33. The SMILES string of the molecule is Cc1cc(-c2ccc(/N=N/c3ccc4c(S(=O)(=O)O)cc(S(=O)(=O)O)c(N)c4c3O)c(C)c2)ccc1/N=N/c1ccc2c(S(=O)(=O)O)cc(SOOO)c(N)c2c1O. The van der Waals surface area contributed by atoms with E-state index in [9.17, 15) is 49.1 Å². The molecule has 24 heteroatoms. The molecule has 0 aromatic heterocycles. The average molecular weight is 873 g/mol. The lowest BCUT2D eigenvalue weighted by Gasteiger charge is -2.13. The van der Waals surface area contributed by atoms with E-state index in [1.165, 1.54) is 18.2 Å². The molecular formula is C34H28N6O14S4. The maximum Gasteiger partial charge on any atom is 0.296 e. The first-order chi connectivity index (χ1) is 27.1. The Bertz CT molecular complexity index is 3110. The van der Waals surface area contributed by atoms with Gasteiger partial charge in [-0.05, 0) is 84.6 Å². The van der Waals surface area contributed by atoms with E-state index in [4.69, 9.17) is 16.7 Å². The summed E-state index contributed by atoms with van der Waals surface area (Å²) in [5.41, 5.74) is 14.4. The molecule has 10 N–H and O–H groups in total. The second-order valence-electron chi connectivity index (χ2n) is 12.3. The maximum absolute atomic E-state index is 12.1. The van der Waals surface area contributed by atoms with Crippen LogP contribution in [0.4, 0.5) is 34.1 Å². The number of nitrogen functional groups attached to an aromatic ring is 2. The summed E-state index contributed by atoms with van der Waals surface area (Å²) in [6.07, 6.45) is 0. The first-order valence-corrected chi connectivity index (χ1v) is 21.0. The summed E-state index contributed by atoms with van der Waals surface area (Å²) < 4.78 is 105. The fourth-order valence-corrected chi connectivity index (χ4v) is 8.63. The predicted octanol–water partition coefficient (Wildman–Crippen LogP) is 7.85. The summed E-state index contributed by atoms with van der Waals surface area (Å²) in [6, 6.07) is 16.7. The molecule has 0 aliphatic heterocycles. The van der Waals surface area contributed by atoms with E-state index >= 15 is 0 Å². The van der Waals surface area contributed by atoms with Gasteiger partial charge in [-0.15, -0.1) is 14.6 Å². The third-order valence-electron chi connectivity index (χ3n) is 8.68. The molecule has 302 valence electrons. The first-order valence-electron chi connectivity index (χ1n) is 15.9. The van der Waals surface area contributed by atoms with Gasteiger partial charge < -0.3 is 21.7 Å². The van der Waals surface area contributed by atoms with Crippen LogP contribution in [0.2, 0.25) is 0 Å². The molecule has 20 nitrogen and oxygen atoms in total. The van der Waals surface area contributed by atoms with E-state index in [1.807, 2.05) is 6.07 Å². The van der Waals surface area contributed by atoms with Crippen molar-refractivity contribution in [2.75, 3.05) is 11.5 Å². The Morgan fingerprint density at radius 1 is 0.552 bits per heavy atom. The molecule has 0 amide bonds. The molecule has 0 bridgehead atoms. The molecular weight excluding hydrogens is 845 g/mol. The summed E-state index contributed by atoms with van der Waals surface area (Å²) >= 11 is 0.320. The van der Waals surface area contributed by atoms with Crippen molar-refractivity contribution < 1.29 is 63.8 Å². The molecule has 0 heterocycles. The minimum absolute atomic E-state index is 0.1000. The molecule has 0 saturated heterocycles. The number of fused-ring (bicyclic) bond motifs is 2. The van der Waals surface area contributed by atoms with Crippen molar-refractivity contribution in [2.45, 2.75) is 33.4 Å². The number of phenols is 2. The van der Waals surface area contributed by atoms with Gasteiger partial charge in [-0.25, -0.2) is 5.26 Å². The van der Waals surface area contributed by atoms with E-state index in [1.54, 1.807) is 44.2 Å². The summed E-state index contributed by atoms with van der Waals surface area (Å²) in [7, 11) is -14.9. The largest absolute Gasteiger partial charge is 0.505 e. The van der Waals surface area contributed by atoms with Crippen molar-refractivity contribution in [3.63, 3.8) is 0 Å². The van der Waals surface area contributed by atoms with Gasteiger partial charge >= 0.3 is 0 Å². The molecule has 6 aromatic carbocycles. The highest BCUT2D eigenvalue weighted by Crippen LogP contribution is 2.46. The normalized spacial score (nSPS) is 12.7. The Morgan fingerprint density at radius 2 is 0.948 bits per heavy atom. The van der Waals surface area contributed by atoms with Crippen molar-refractivity contribution in [1.82, 2.24) is 0 Å². The zero-order valence-corrected chi connectivity index (χ0v) is 32.7. The zero-order chi connectivity index (χ0) is 42.5. The van der Waals surface area contributed by atoms with E-state index in [2.05, 4.69) is 29.8 Å². The third kappa shape index (κ3) is 8.14. The van der Waals surface area contributed by atoms with Crippen LogP contribution in [0.25, 0.3) is 32.7 Å². The Hall–Kier alpha value is -5.80. The quantitative estimate of drug-likeness (QED) is 0.0153. The standard InChI is InChI=1S/C34H28N6O14S4/c1-15-11-17(3-7-21(15)37-39-23-9-5-19-26(56(44,45)46)13-25(55-54-53-43)31(35)29(19)33(23)41)18-4-8-22(16(2)12-18)38-40-24-10-6-20-27(57(47,48)49)14-28(58(50,51)52)32(36)30(20)34(24)42/h3-14,41-43H,35-36H2,1-2H3,(H,44,45,46)(H,47,48,49)(H,50,51,52)/b39-37+,40-38+. The lowest BCUT2D eigenvalue weighted by molar-refractivity contribution is -0.432. The number of hydrogen-bond donors (Lipinski definition) is 8. The topological polar surface area (TPSA) is 344 Å². The second kappa shape index (κ2) is 15.5. The Labute approximate surface area is 332 Å². The number of aryl methyl sites for hydroxylation is 2. The van der Waals surface area contributed by atoms with Crippen LogP contribution in [0.1, 0.15) is 11.1 Å². The highest BCUT2D eigenvalue weighted by atomic mass is 32.2. The van der Waals surface area contributed by atoms with Crippen molar-refractivity contribution in [2.24, 2.45) is 20.5 Å². The smallest absolute Gasteiger partial charge is 0.296 e. The van der Waals surface area contributed by atoms with Crippen LogP contribution in [0.3, 0.4) is 0 Å². The fraction of sp³-hybridized carbons (Fsp3) is 0.0588. The van der Waals surface area contributed by atoms with Crippen LogP contribution in [0.5, 0.6) is 11.5 Å². The van der Waals surface area contributed by atoms with Crippen LogP contribution >= 0.6 is 12.0 Å². The van der Waals surface area contributed by atoms with Gasteiger partial charge in [0.2, 0.25) is 0 Å². The van der Waals surface area contributed by atoms with Crippen molar-refractivity contribution in [3.8, 4) is 22.6 Å². The molecule has 0 fully saturated rings. The number of anilines is 2. The molecule has 6 aromatic rings. The van der Waals surface area contributed by atoms with E-state index in [-0.39, 0.29) is 38.1 Å². The number of nitrogens with two attached hydrogens (primary N) is 2. The lowest BCUT2D eigenvalue weighted by Crippen LogP contribution is -2.08. The van der Waals surface area contributed by atoms with Crippen LogP contribution in [-0.2, 0) is 39.7 Å². The molecule has 0 aliphatic rings. The van der Waals surface area contributed by atoms with Gasteiger partial charge in [0.05, 0.1) is 50.5 Å². The number of nitrogens with zero attached hydrogens (tertiary/aromatic N) is 4. The first kappa shape index (κ1) is 41.8. The number of hydrogen-bond acceptors (Lipinski definition) is 18. The van der Waals surface area contributed by atoms with E-state index in [0.29, 0.717) is 40.6 Å². The van der Waals surface area contributed by atoms with Crippen molar-refractivity contribution >= 4 is 98.1 Å². The third-order valence-corrected chi connectivity index (χ3v) is 12.0. The fourth-order valence-electron chi connectivity index (χ4n) is 5.94. The minimum Gasteiger partial charge on any atom is -0.505 e. The van der Waals surface area contributed by atoms with Gasteiger partial charge in [0.15, 0.2) is 11.5 Å². The lowest BCUT2D eigenvalue weighted by atomic mass is 10.0. The highest BCUT2D eigenvalue weighted by Gasteiger charge is 2.27. The van der Waals surface area contributed by atoms with Crippen LogP contribution in [-0.4, -0.2) is 54.4 Å².